The van der Waals surface area contributed by atoms with Crippen molar-refractivity contribution >= 4 is 5.91 Å². The van der Waals surface area contributed by atoms with Crippen LogP contribution >= 0.6 is 0 Å². The molecule has 1 fully saturated rings. The summed E-state index contributed by atoms with van der Waals surface area (Å²) < 4.78 is 0. The summed E-state index contributed by atoms with van der Waals surface area (Å²) in [6.45, 7) is 4.27. The number of carbonyl (C=O) groups is 1. The minimum absolute atomic E-state index is 0.0283. The van der Waals surface area contributed by atoms with Crippen molar-refractivity contribution < 1.29 is 4.79 Å². The first-order chi connectivity index (χ1) is 9.19. The highest BCUT2D eigenvalue weighted by Gasteiger charge is 2.40. The number of amides is 1. The molecule has 0 radical (unpaired) electrons. The van der Waals surface area contributed by atoms with Crippen LogP contribution < -0.4 is 10.6 Å². The maximum atomic E-state index is 11.4. The van der Waals surface area contributed by atoms with Crippen LogP contribution in [0.1, 0.15) is 48.5 Å². The van der Waals surface area contributed by atoms with Crippen LogP contribution in [0.5, 0.6) is 0 Å². The Labute approximate surface area is 115 Å². The molecule has 104 valence electrons. The van der Waals surface area contributed by atoms with Gasteiger partial charge in [-0.3, -0.25) is 4.79 Å². The molecule has 0 unspecified atom stereocenters. The monoisotopic (exact) mass is 260 g/mol. The lowest BCUT2D eigenvalue weighted by atomic mass is 10.0. The Morgan fingerprint density at radius 2 is 1.95 bits per heavy atom. The lowest BCUT2D eigenvalue weighted by Gasteiger charge is -2.15. The molecule has 0 aliphatic heterocycles. The van der Waals surface area contributed by atoms with E-state index in [2.05, 4.69) is 17.6 Å². The molecule has 3 nitrogen and oxygen atoms in total. The molecule has 1 aromatic carbocycles. The predicted octanol–water partition coefficient (Wildman–Crippen LogP) is 2.72. The average Bonchev–Trinajstić information content (AvgIpc) is 3.19. The van der Waals surface area contributed by atoms with Crippen molar-refractivity contribution in [1.82, 2.24) is 10.6 Å². The molecule has 2 N–H and O–H groups in total. The number of nitrogens with one attached hydrogen (secondary N) is 2. The number of carbonyl (C=O) groups excluding carboxylic acids is 1. The fraction of sp³-hybridized carbons (Fsp3) is 0.562. The zero-order valence-electron chi connectivity index (χ0n) is 12.0. The summed E-state index contributed by atoms with van der Waals surface area (Å²) >= 11 is 0. The number of hydrogen-bond acceptors (Lipinski definition) is 2. The topological polar surface area (TPSA) is 41.1 Å². The van der Waals surface area contributed by atoms with Gasteiger partial charge in [-0.05, 0) is 42.4 Å². The second kappa shape index (κ2) is 6.20. The molecule has 0 aromatic heterocycles. The number of benzene rings is 1. The molecular weight excluding hydrogens is 236 g/mol. The summed E-state index contributed by atoms with van der Waals surface area (Å²) in [5.74, 6) is -0.0283. The lowest BCUT2D eigenvalue weighted by Crippen LogP contribution is -2.23. The van der Waals surface area contributed by atoms with Gasteiger partial charge in [0.05, 0.1) is 0 Å². The van der Waals surface area contributed by atoms with Gasteiger partial charge >= 0.3 is 0 Å². The van der Waals surface area contributed by atoms with Gasteiger partial charge in [0.15, 0.2) is 0 Å². The second-order valence-corrected chi connectivity index (χ2v) is 5.63. The third-order valence-electron chi connectivity index (χ3n) is 4.01. The minimum Gasteiger partial charge on any atom is -0.355 e. The smallest absolute Gasteiger partial charge is 0.251 e. The Morgan fingerprint density at radius 1 is 1.26 bits per heavy atom. The van der Waals surface area contributed by atoms with Gasteiger partial charge in [-0.25, -0.2) is 0 Å². The molecule has 1 amide bonds. The summed E-state index contributed by atoms with van der Waals surface area (Å²) in [5, 5.41) is 6.18. The van der Waals surface area contributed by atoms with Crippen LogP contribution in [0.25, 0.3) is 0 Å². The van der Waals surface area contributed by atoms with Crippen LogP contribution in [0.15, 0.2) is 24.3 Å². The molecule has 0 spiro atoms. The van der Waals surface area contributed by atoms with E-state index < -0.39 is 0 Å². The first kappa shape index (κ1) is 14.1. The van der Waals surface area contributed by atoms with E-state index in [-0.39, 0.29) is 5.91 Å². The Morgan fingerprint density at radius 3 is 2.47 bits per heavy atom. The Bertz CT molecular complexity index is 421. The fourth-order valence-corrected chi connectivity index (χ4v) is 2.61. The fourth-order valence-electron chi connectivity index (χ4n) is 2.61. The molecule has 1 aliphatic rings. The first-order valence-corrected chi connectivity index (χ1v) is 7.21. The van der Waals surface area contributed by atoms with Gasteiger partial charge in [0.1, 0.15) is 0 Å². The van der Waals surface area contributed by atoms with E-state index >= 15 is 0 Å². The molecule has 0 atom stereocenters. The van der Waals surface area contributed by atoms with Gasteiger partial charge in [0, 0.05) is 25.7 Å². The van der Waals surface area contributed by atoms with Crippen LogP contribution in [0.3, 0.4) is 0 Å². The van der Waals surface area contributed by atoms with Gasteiger partial charge in [-0.2, -0.15) is 0 Å². The van der Waals surface area contributed by atoms with E-state index in [0.29, 0.717) is 5.41 Å². The van der Waals surface area contributed by atoms with Gasteiger partial charge in [-0.1, -0.05) is 25.5 Å². The van der Waals surface area contributed by atoms with E-state index in [4.69, 9.17) is 0 Å². The third-order valence-corrected chi connectivity index (χ3v) is 4.01. The summed E-state index contributed by atoms with van der Waals surface area (Å²) in [6.07, 6.45) is 5.38. The van der Waals surface area contributed by atoms with Crippen LogP contribution in [-0.2, 0) is 6.54 Å². The summed E-state index contributed by atoms with van der Waals surface area (Å²) in [5.41, 5.74) is 2.55. The highest BCUT2D eigenvalue weighted by atomic mass is 16.1. The van der Waals surface area contributed by atoms with Crippen LogP contribution in [0.4, 0.5) is 0 Å². The molecule has 0 saturated heterocycles. The third kappa shape index (κ3) is 3.80. The zero-order chi connectivity index (χ0) is 13.7. The van der Waals surface area contributed by atoms with Gasteiger partial charge in [-0.15, -0.1) is 0 Å². The van der Waals surface area contributed by atoms with Gasteiger partial charge < -0.3 is 10.6 Å². The van der Waals surface area contributed by atoms with Crippen LogP contribution in [0, 0.1) is 5.41 Å². The summed E-state index contributed by atoms with van der Waals surface area (Å²) in [7, 11) is 1.65. The normalized spacial score (nSPS) is 16.1. The Kier molecular flexibility index (Phi) is 4.59. The van der Waals surface area contributed by atoms with Crippen LogP contribution in [-0.4, -0.2) is 19.5 Å². The molecule has 0 bridgehead atoms. The maximum absolute atomic E-state index is 11.4. The van der Waals surface area contributed by atoms with Gasteiger partial charge in [0.25, 0.3) is 5.91 Å². The molecular formula is C16H24N2O. The van der Waals surface area contributed by atoms with E-state index in [1.807, 2.05) is 24.3 Å². The Hall–Kier alpha value is -1.35. The maximum Gasteiger partial charge on any atom is 0.251 e. The second-order valence-electron chi connectivity index (χ2n) is 5.63. The highest BCUT2D eigenvalue weighted by molar-refractivity contribution is 5.93. The SMILES string of the molecule is CCCC1(CNCc2ccc(C(=O)NC)cc2)CC1. The molecule has 2 rings (SSSR count). The van der Waals surface area contributed by atoms with Crippen molar-refractivity contribution in [2.45, 2.75) is 39.2 Å². The van der Waals surface area contributed by atoms with E-state index in [9.17, 15) is 4.79 Å². The van der Waals surface area contributed by atoms with Crippen molar-refractivity contribution in [2.75, 3.05) is 13.6 Å². The van der Waals surface area contributed by atoms with E-state index in [1.165, 1.54) is 31.2 Å². The molecule has 3 heteroatoms. The zero-order valence-corrected chi connectivity index (χ0v) is 12.0. The van der Waals surface area contributed by atoms with Crippen molar-refractivity contribution in [3.8, 4) is 0 Å². The van der Waals surface area contributed by atoms with Crippen LogP contribution in [0.2, 0.25) is 0 Å². The summed E-state index contributed by atoms with van der Waals surface area (Å²) in [4.78, 5) is 11.4. The minimum atomic E-state index is -0.0283. The summed E-state index contributed by atoms with van der Waals surface area (Å²) in [6, 6.07) is 7.82. The van der Waals surface area contributed by atoms with Crippen molar-refractivity contribution in [3.05, 3.63) is 35.4 Å². The Balaban J connectivity index is 1.79. The quantitative estimate of drug-likeness (QED) is 0.791. The molecule has 0 heterocycles. The molecule has 1 aliphatic carbocycles. The molecule has 1 saturated carbocycles. The molecule has 19 heavy (non-hydrogen) atoms. The average molecular weight is 260 g/mol. The molecule has 1 aromatic rings. The first-order valence-electron chi connectivity index (χ1n) is 7.21. The van der Waals surface area contributed by atoms with Gasteiger partial charge in [0.2, 0.25) is 0 Å². The van der Waals surface area contributed by atoms with E-state index in [1.54, 1.807) is 7.05 Å². The predicted molar refractivity (Wildman–Crippen MR) is 78.1 cm³/mol. The highest BCUT2D eigenvalue weighted by Crippen LogP contribution is 2.48. The van der Waals surface area contributed by atoms with Crippen molar-refractivity contribution in [2.24, 2.45) is 5.41 Å². The number of rotatable bonds is 7. The van der Waals surface area contributed by atoms with Crippen molar-refractivity contribution in [1.29, 1.82) is 0 Å². The lowest BCUT2D eigenvalue weighted by molar-refractivity contribution is 0.0963. The largest absolute Gasteiger partial charge is 0.355 e. The van der Waals surface area contributed by atoms with E-state index in [0.717, 1.165) is 18.7 Å². The van der Waals surface area contributed by atoms with Crippen molar-refractivity contribution in [3.63, 3.8) is 0 Å². The standard InChI is InChI=1S/C16H24N2O/c1-3-8-16(9-10-16)12-18-11-13-4-6-14(7-5-13)15(19)17-2/h4-7,18H,3,8-12H2,1-2H3,(H,17,19). The number of hydrogen-bond donors (Lipinski definition) is 2.